The first-order valence-electron chi connectivity index (χ1n) is 8.50. The smallest absolute Gasteiger partial charge is 0.419 e. The first kappa shape index (κ1) is 21.1. The molecule has 1 aliphatic rings. The van der Waals surface area contributed by atoms with Crippen molar-refractivity contribution in [3.8, 4) is 5.75 Å². The number of hydrogen-bond acceptors (Lipinski definition) is 4. The Balaban J connectivity index is 1.84. The predicted octanol–water partition coefficient (Wildman–Crippen LogP) is 4.39. The molecule has 3 rings (SSSR count). The Morgan fingerprint density at radius 3 is 2.71 bits per heavy atom. The van der Waals surface area contributed by atoms with Crippen LogP contribution in [0.1, 0.15) is 17.7 Å². The van der Waals surface area contributed by atoms with Gasteiger partial charge in [-0.2, -0.15) is 13.2 Å². The molecule has 1 N–H and O–H groups in total. The molecule has 1 unspecified atom stereocenters. The zero-order valence-electron chi connectivity index (χ0n) is 15.2. The highest BCUT2D eigenvalue weighted by molar-refractivity contribution is 9.10. The number of aryl methyl sites for hydroxylation is 1. The first-order valence-corrected chi connectivity index (χ1v) is 10.4. The second kappa shape index (κ2) is 8.38. The largest absolute Gasteiger partial charge is 0.488 e. The highest BCUT2D eigenvalue weighted by atomic mass is 79.9. The highest BCUT2D eigenvalue weighted by Gasteiger charge is 2.35. The molecule has 0 saturated carbocycles. The van der Waals surface area contributed by atoms with E-state index < -0.39 is 22.7 Å². The maximum atomic E-state index is 13.4. The Morgan fingerprint density at radius 1 is 1.36 bits per heavy atom. The second-order valence-corrected chi connectivity index (χ2v) is 8.68. The van der Waals surface area contributed by atoms with Crippen molar-refractivity contribution in [2.45, 2.75) is 30.5 Å². The summed E-state index contributed by atoms with van der Waals surface area (Å²) in [5, 5.41) is 0. The van der Waals surface area contributed by atoms with Gasteiger partial charge in [0.25, 0.3) is 0 Å². The Hall–Kier alpha value is -1.65. The van der Waals surface area contributed by atoms with Crippen LogP contribution in [0.5, 0.6) is 5.75 Å². The van der Waals surface area contributed by atoms with E-state index in [2.05, 4.69) is 25.6 Å². The third kappa shape index (κ3) is 5.03. The van der Waals surface area contributed by atoms with Gasteiger partial charge in [0.05, 0.1) is 21.8 Å². The summed E-state index contributed by atoms with van der Waals surface area (Å²) < 4.78 is 61.6. The number of alkyl halides is 3. The van der Waals surface area contributed by atoms with Crippen molar-refractivity contribution in [3.05, 3.63) is 46.2 Å². The van der Waals surface area contributed by atoms with Crippen molar-refractivity contribution in [1.82, 2.24) is 9.88 Å². The molecule has 28 heavy (non-hydrogen) atoms. The van der Waals surface area contributed by atoms with Gasteiger partial charge >= 0.3 is 6.18 Å². The fraction of sp³-hybridized carbons (Fsp3) is 0.389. The summed E-state index contributed by atoms with van der Waals surface area (Å²) in [6, 6.07) is 5.08. The van der Waals surface area contributed by atoms with E-state index in [0.717, 1.165) is 18.3 Å². The quantitative estimate of drug-likeness (QED) is 0.693. The van der Waals surface area contributed by atoms with Gasteiger partial charge in [-0.1, -0.05) is 0 Å². The van der Waals surface area contributed by atoms with E-state index in [0.29, 0.717) is 22.3 Å². The van der Waals surface area contributed by atoms with E-state index in [1.165, 1.54) is 18.3 Å². The van der Waals surface area contributed by atoms with Crippen LogP contribution < -0.4 is 9.46 Å². The molecular weight excluding hydrogens is 459 g/mol. The Labute approximate surface area is 172 Å². The molecule has 5 nitrogen and oxygen atoms in total. The molecule has 0 bridgehead atoms. The van der Waals surface area contributed by atoms with Gasteiger partial charge in [-0.15, -0.1) is 0 Å². The number of hydrogen-bond donors (Lipinski definition) is 1. The molecule has 1 aliphatic heterocycles. The normalized spacial score (nSPS) is 18.9. The Morgan fingerprint density at radius 2 is 2.11 bits per heavy atom. The van der Waals surface area contributed by atoms with Gasteiger partial charge in [0.1, 0.15) is 11.9 Å². The van der Waals surface area contributed by atoms with Gasteiger partial charge < -0.3 is 14.4 Å². The molecule has 0 radical (unpaired) electrons. The third-order valence-electron chi connectivity index (χ3n) is 4.35. The number of aromatic nitrogens is 1. The summed E-state index contributed by atoms with van der Waals surface area (Å²) in [5.41, 5.74) is 0.162. The van der Waals surface area contributed by atoms with Crippen LogP contribution in [0.3, 0.4) is 0 Å². The predicted molar refractivity (Wildman–Crippen MR) is 105 cm³/mol. The molecular formula is C18H19BrF3N3O2S. The average Bonchev–Trinajstić information content (AvgIpc) is 3.01. The lowest BCUT2D eigenvalue weighted by Gasteiger charge is -2.19. The van der Waals surface area contributed by atoms with Crippen LogP contribution in [0.4, 0.5) is 18.9 Å². The molecule has 2 atom stereocenters. The number of nitrogens with one attached hydrogen (secondary N) is 1. The molecule has 2 heterocycles. The number of anilines is 1. The molecule has 0 amide bonds. The molecule has 0 spiro atoms. The van der Waals surface area contributed by atoms with Crippen LogP contribution in [0.25, 0.3) is 0 Å². The molecule has 1 aromatic heterocycles. The fourth-order valence-electron chi connectivity index (χ4n) is 2.84. The van der Waals surface area contributed by atoms with Crippen molar-refractivity contribution in [2.75, 3.05) is 24.9 Å². The summed E-state index contributed by atoms with van der Waals surface area (Å²) in [7, 11) is 0.206. The molecule has 152 valence electrons. The number of ether oxygens (including phenoxy) is 1. The fourth-order valence-corrected chi connectivity index (χ4v) is 4.18. The number of benzene rings is 1. The Kier molecular flexibility index (Phi) is 6.31. The standard InChI is InChI=1S/C18H19BrF3N3O2S/c1-11-16(19)8-14(9-23-11)28(26)24-12-3-4-15(18(20,21)22)17(7-12)27-13-5-6-25(2)10-13/h3-4,7-9,13,24H,5-6,10H2,1-2H3/t13-,28?/m1/s1. The van der Waals surface area contributed by atoms with E-state index in [9.17, 15) is 17.4 Å². The lowest BCUT2D eigenvalue weighted by molar-refractivity contribution is -0.139. The lowest BCUT2D eigenvalue weighted by Crippen LogP contribution is -2.23. The summed E-state index contributed by atoms with van der Waals surface area (Å²) in [4.78, 5) is 6.52. The van der Waals surface area contributed by atoms with Crippen LogP contribution in [0.2, 0.25) is 0 Å². The van der Waals surface area contributed by atoms with Crippen molar-refractivity contribution in [1.29, 1.82) is 0 Å². The van der Waals surface area contributed by atoms with Gasteiger partial charge in [0.2, 0.25) is 0 Å². The average molecular weight is 478 g/mol. The molecule has 1 fully saturated rings. The third-order valence-corrected chi connectivity index (χ3v) is 6.23. The van der Waals surface area contributed by atoms with Crippen LogP contribution in [-0.2, 0) is 17.2 Å². The van der Waals surface area contributed by atoms with Crippen molar-refractivity contribution in [3.63, 3.8) is 0 Å². The number of pyridine rings is 1. The minimum atomic E-state index is -4.54. The van der Waals surface area contributed by atoms with Gasteiger partial charge in [-0.25, -0.2) is 4.21 Å². The molecule has 10 heteroatoms. The summed E-state index contributed by atoms with van der Waals surface area (Å²) in [6.07, 6.45) is -2.74. The summed E-state index contributed by atoms with van der Waals surface area (Å²) in [6.45, 7) is 3.12. The van der Waals surface area contributed by atoms with E-state index in [1.54, 1.807) is 13.0 Å². The van der Waals surface area contributed by atoms with Crippen LogP contribution in [0.15, 0.2) is 39.8 Å². The minimum Gasteiger partial charge on any atom is -0.488 e. The number of likely N-dealkylation sites (N-methyl/N-ethyl adjacent to an activating group) is 1. The van der Waals surface area contributed by atoms with Crippen LogP contribution in [-0.4, -0.2) is 40.3 Å². The molecule has 1 saturated heterocycles. The van der Waals surface area contributed by atoms with Gasteiger partial charge in [-0.3, -0.25) is 4.98 Å². The lowest BCUT2D eigenvalue weighted by atomic mass is 10.1. The second-order valence-electron chi connectivity index (χ2n) is 6.61. The SMILES string of the molecule is Cc1ncc(S(=O)Nc2ccc(C(F)(F)F)c(O[C@@H]3CCN(C)C3)c2)cc1Br. The zero-order chi connectivity index (χ0) is 20.5. The number of rotatable bonds is 5. The van der Waals surface area contributed by atoms with E-state index in [-0.39, 0.29) is 17.5 Å². The first-order chi connectivity index (χ1) is 13.1. The van der Waals surface area contributed by atoms with Crippen LogP contribution >= 0.6 is 15.9 Å². The van der Waals surface area contributed by atoms with Crippen molar-refractivity contribution in [2.24, 2.45) is 0 Å². The van der Waals surface area contributed by atoms with Gasteiger partial charge in [-0.05, 0) is 54.5 Å². The monoisotopic (exact) mass is 477 g/mol. The minimum absolute atomic E-state index is 0.266. The van der Waals surface area contributed by atoms with Crippen molar-refractivity contribution < 1.29 is 22.1 Å². The topological polar surface area (TPSA) is 54.5 Å². The van der Waals surface area contributed by atoms with Gasteiger partial charge in [0.15, 0.2) is 11.0 Å². The van der Waals surface area contributed by atoms with Crippen molar-refractivity contribution >= 4 is 32.6 Å². The van der Waals surface area contributed by atoms with Gasteiger partial charge in [0, 0.05) is 29.8 Å². The van der Waals surface area contributed by atoms with E-state index in [4.69, 9.17) is 4.74 Å². The molecule has 0 aliphatic carbocycles. The molecule has 2 aromatic rings. The Bertz CT molecular complexity index is 895. The number of likely N-dealkylation sites (tertiary alicyclic amines) is 1. The van der Waals surface area contributed by atoms with Crippen LogP contribution in [0, 0.1) is 6.92 Å². The van der Waals surface area contributed by atoms with E-state index >= 15 is 0 Å². The molecule has 1 aromatic carbocycles. The maximum Gasteiger partial charge on any atom is 0.419 e. The zero-order valence-corrected chi connectivity index (χ0v) is 17.6. The maximum absolute atomic E-state index is 13.4. The highest BCUT2D eigenvalue weighted by Crippen LogP contribution is 2.39. The van der Waals surface area contributed by atoms with E-state index in [1.807, 2.05) is 11.9 Å². The summed E-state index contributed by atoms with van der Waals surface area (Å²) >= 11 is 3.32. The summed E-state index contributed by atoms with van der Waals surface area (Å²) in [5.74, 6) is -0.266. The number of nitrogens with zero attached hydrogens (tertiary/aromatic N) is 2. The number of halogens is 4.